The Hall–Kier alpha value is -2.72. The van der Waals surface area contributed by atoms with Crippen LogP contribution in [0.4, 0.5) is 5.69 Å². The summed E-state index contributed by atoms with van der Waals surface area (Å²) in [4.78, 5) is 4.97. The molecule has 4 nitrogen and oxygen atoms in total. The van der Waals surface area contributed by atoms with Crippen LogP contribution in [0, 0.1) is 0 Å². The van der Waals surface area contributed by atoms with Crippen LogP contribution in [-0.4, -0.2) is 44.8 Å². The van der Waals surface area contributed by atoms with Crippen LogP contribution < -0.4 is 14.4 Å². The first kappa shape index (κ1) is 18.6. The summed E-state index contributed by atoms with van der Waals surface area (Å²) >= 11 is 0. The second-order valence-electron chi connectivity index (χ2n) is 7.14. The summed E-state index contributed by atoms with van der Waals surface area (Å²) in [5.41, 5.74) is 2.57. The van der Waals surface area contributed by atoms with Gasteiger partial charge in [-0.15, -0.1) is 0 Å². The van der Waals surface area contributed by atoms with E-state index in [9.17, 15) is 0 Å². The Morgan fingerprint density at radius 2 is 1.50 bits per heavy atom. The fraction of sp³-hybridized carbons (Fsp3) is 0.333. The summed E-state index contributed by atoms with van der Waals surface area (Å²) in [5, 5.41) is 2.47. The van der Waals surface area contributed by atoms with Crippen molar-refractivity contribution in [2.45, 2.75) is 13.5 Å². The normalized spacial score (nSPS) is 15.0. The minimum atomic E-state index is 0.696. The summed E-state index contributed by atoms with van der Waals surface area (Å²) < 4.78 is 11.4. The number of fused-ring (bicyclic) bond motifs is 1. The number of ether oxygens (including phenoxy) is 2. The first-order valence-electron chi connectivity index (χ1n) is 10.0. The molecule has 4 rings (SSSR count). The van der Waals surface area contributed by atoms with E-state index >= 15 is 0 Å². The number of hydrogen-bond donors (Lipinski definition) is 0. The summed E-state index contributed by atoms with van der Waals surface area (Å²) in [5.74, 6) is 1.93. The number of hydrogen-bond acceptors (Lipinski definition) is 4. The van der Waals surface area contributed by atoms with Crippen LogP contribution in [0.15, 0.2) is 60.7 Å². The third-order valence-corrected chi connectivity index (χ3v) is 5.47. The van der Waals surface area contributed by atoms with Crippen LogP contribution in [0.2, 0.25) is 0 Å². The Morgan fingerprint density at radius 3 is 2.25 bits per heavy atom. The Morgan fingerprint density at radius 1 is 0.786 bits per heavy atom. The van der Waals surface area contributed by atoms with Crippen molar-refractivity contribution in [3.8, 4) is 11.5 Å². The molecule has 0 N–H and O–H groups in total. The highest BCUT2D eigenvalue weighted by Crippen LogP contribution is 2.31. The lowest BCUT2D eigenvalue weighted by Crippen LogP contribution is -2.46. The standard InChI is InChI=1S/C24H28N2O2/c1-3-28-24-11-7-6-10-22(24)26-16-14-25(15-17-26)18-19-12-13-23(27-2)21-9-5-4-8-20(19)21/h4-13H,3,14-18H2,1-2H3. The third-order valence-electron chi connectivity index (χ3n) is 5.47. The van der Waals surface area contributed by atoms with E-state index in [-0.39, 0.29) is 0 Å². The number of anilines is 1. The zero-order valence-corrected chi connectivity index (χ0v) is 16.7. The van der Waals surface area contributed by atoms with Crippen LogP contribution in [0.3, 0.4) is 0 Å². The minimum absolute atomic E-state index is 0.696. The molecule has 146 valence electrons. The van der Waals surface area contributed by atoms with Gasteiger partial charge in [0.1, 0.15) is 11.5 Å². The fourth-order valence-corrected chi connectivity index (χ4v) is 4.03. The van der Waals surface area contributed by atoms with Gasteiger partial charge in [-0.1, -0.05) is 42.5 Å². The lowest BCUT2D eigenvalue weighted by atomic mass is 10.0. The Bertz CT molecular complexity index is 933. The second kappa shape index (κ2) is 8.53. The quantitative estimate of drug-likeness (QED) is 0.629. The van der Waals surface area contributed by atoms with Crippen molar-refractivity contribution in [2.75, 3.05) is 44.8 Å². The molecule has 0 saturated carbocycles. The molecular formula is C24H28N2O2. The van der Waals surface area contributed by atoms with Gasteiger partial charge in [-0.05, 0) is 36.1 Å². The molecule has 1 heterocycles. The van der Waals surface area contributed by atoms with Gasteiger partial charge in [-0.2, -0.15) is 0 Å². The van der Waals surface area contributed by atoms with Crippen LogP contribution in [-0.2, 0) is 6.54 Å². The Kier molecular flexibility index (Phi) is 5.68. The van der Waals surface area contributed by atoms with Crippen molar-refractivity contribution >= 4 is 16.5 Å². The Labute approximate surface area is 167 Å². The average Bonchev–Trinajstić information content (AvgIpc) is 2.75. The van der Waals surface area contributed by atoms with E-state index in [4.69, 9.17) is 9.47 Å². The molecule has 0 bridgehead atoms. The fourth-order valence-electron chi connectivity index (χ4n) is 4.03. The second-order valence-corrected chi connectivity index (χ2v) is 7.14. The van der Waals surface area contributed by atoms with Crippen molar-refractivity contribution in [2.24, 2.45) is 0 Å². The predicted molar refractivity (Wildman–Crippen MR) is 116 cm³/mol. The molecule has 0 unspecified atom stereocenters. The number of rotatable bonds is 6. The molecule has 0 aliphatic carbocycles. The molecule has 1 fully saturated rings. The summed E-state index contributed by atoms with van der Waals surface area (Å²) in [6.07, 6.45) is 0. The van der Waals surface area contributed by atoms with Crippen LogP contribution >= 0.6 is 0 Å². The van der Waals surface area contributed by atoms with E-state index in [0.717, 1.165) is 44.2 Å². The molecule has 0 radical (unpaired) electrons. The lowest BCUT2D eigenvalue weighted by Gasteiger charge is -2.37. The largest absolute Gasteiger partial charge is 0.496 e. The van der Waals surface area contributed by atoms with E-state index in [2.05, 4.69) is 64.4 Å². The topological polar surface area (TPSA) is 24.9 Å². The number of piperazine rings is 1. The molecule has 4 heteroatoms. The van der Waals surface area contributed by atoms with Gasteiger partial charge in [0.15, 0.2) is 0 Å². The summed E-state index contributed by atoms with van der Waals surface area (Å²) in [6.45, 7) is 7.80. The molecule has 28 heavy (non-hydrogen) atoms. The maximum absolute atomic E-state index is 5.82. The molecule has 3 aromatic rings. The molecule has 1 aliphatic heterocycles. The maximum Gasteiger partial charge on any atom is 0.142 e. The third kappa shape index (κ3) is 3.78. The van der Waals surface area contributed by atoms with Crippen molar-refractivity contribution in [3.05, 3.63) is 66.2 Å². The van der Waals surface area contributed by atoms with Crippen LogP contribution in [0.25, 0.3) is 10.8 Å². The molecule has 1 aliphatic rings. The van der Waals surface area contributed by atoms with E-state index in [1.54, 1.807) is 7.11 Å². The number of nitrogens with zero attached hydrogens (tertiary/aromatic N) is 2. The number of para-hydroxylation sites is 2. The minimum Gasteiger partial charge on any atom is -0.496 e. The first-order valence-corrected chi connectivity index (χ1v) is 10.0. The van der Waals surface area contributed by atoms with Gasteiger partial charge in [0.25, 0.3) is 0 Å². The average molecular weight is 377 g/mol. The van der Waals surface area contributed by atoms with Crippen LogP contribution in [0.5, 0.6) is 11.5 Å². The van der Waals surface area contributed by atoms with Gasteiger partial charge in [0.2, 0.25) is 0 Å². The zero-order valence-electron chi connectivity index (χ0n) is 16.7. The maximum atomic E-state index is 5.82. The van der Waals surface area contributed by atoms with Gasteiger partial charge >= 0.3 is 0 Å². The SMILES string of the molecule is CCOc1ccccc1N1CCN(Cc2ccc(OC)c3ccccc23)CC1. The molecule has 0 atom stereocenters. The molecule has 0 spiro atoms. The number of benzene rings is 3. The van der Waals surface area contributed by atoms with E-state index in [1.165, 1.54) is 22.0 Å². The highest BCUT2D eigenvalue weighted by molar-refractivity contribution is 5.91. The van der Waals surface area contributed by atoms with E-state index in [0.29, 0.717) is 6.61 Å². The molecular weight excluding hydrogens is 348 g/mol. The predicted octanol–water partition coefficient (Wildman–Crippen LogP) is 4.57. The highest BCUT2D eigenvalue weighted by Gasteiger charge is 2.20. The van der Waals surface area contributed by atoms with Gasteiger partial charge in [0.05, 0.1) is 19.4 Å². The smallest absolute Gasteiger partial charge is 0.142 e. The Balaban J connectivity index is 1.46. The monoisotopic (exact) mass is 376 g/mol. The number of methoxy groups -OCH3 is 1. The van der Waals surface area contributed by atoms with Crippen molar-refractivity contribution in [3.63, 3.8) is 0 Å². The van der Waals surface area contributed by atoms with E-state index < -0.39 is 0 Å². The summed E-state index contributed by atoms with van der Waals surface area (Å²) in [7, 11) is 1.74. The van der Waals surface area contributed by atoms with E-state index in [1.807, 2.05) is 13.0 Å². The highest BCUT2D eigenvalue weighted by atomic mass is 16.5. The van der Waals surface area contributed by atoms with Crippen LogP contribution in [0.1, 0.15) is 12.5 Å². The van der Waals surface area contributed by atoms with Crippen molar-refractivity contribution in [1.82, 2.24) is 4.90 Å². The first-order chi connectivity index (χ1) is 13.8. The molecule has 0 aromatic heterocycles. The van der Waals surface area contributed by atoms with Gasteiger partial charge in [-0.3, -0.25) is 4.90 Å². The van der Waals surface area contributed by atoms with Gasteiger partial charge < -0.3 is 14.4 Å². The van der Waals surface area contributed by atoms with Crippen molar-refractivity contribution < 1.29 is 9.47 Å². The zero-order chi connectivity index (χ0) is 19.3. The molecule has 3 aromatic carbocycles. The lowest BCUT2D eigenvalue weighted by molar-refractivity contribution is 0.249. The summed E-state index contributed by atoms with van der Waals surface area (Å²) in [6, 6.07) is 21.2. The van der Waals surface area contributed by atoms with Gasteiger partial charge in [0, 0.05) is 38.1 Å². The molecule has 0 amide bonds. The van der Waals surface area contributed by atoms with Gasteiger partial charge in [-0.25, -0.2) is 0 Å². The molecule has 1 saturated heterocycles. The van der Waals surface area contributed by atoms with Crippen molar-refractivity contribution in [1.29, 1.82) is 0 Å².